The van der Waals surface area contributed by atoms with Gasteiger partial charge in [-0.05, 0) is 24.1 Å². The van der Waals surface area contributed by atoms with Crippen LogP contribution in [0.15, 0.2) is 41.1 Å². The molecule has 0 bridgehead atoms. The van der Waals surface area contributed by atoms with Crippen molar-refractivity contribution >= 4 is 15.9 Å². The number of hydrogen-bond acceptors (Lipinski definition) is 2. The molecule has 3 rings (SSSR count). The summed E-state index contributed by atoms with van der Waals surface area (Å²) in [5.74, 6) is 1.17. The van der Waals surface area contributed by atoms with Crippen molar-refractivity contribution in [2.75, 3.05) is 13.1 Å². The lowest BCUT2D eigenvalue weighted by molar-refractivity contribution is 0.256. The van der Waals surface area contributed by atoms with Gasteiger partial charge in [0.25, 0.3) is 0 Å². The van der Waals surface area contributed by atoms with Crippen molar-refractivity contribution in [3.05, 3.63) is 52.5 Å². The Kier molecular flexibility index (Phi) is 3.46. The molecule has 0 aliphatic carbocycles. The molecule has 2 aromatic rings. The zero-order valence-electron chi connectivity index (χ0n) is 11.1. The Hall–Kier alpha value is -1.13. The topological polar surface area (TPSA) is 29.9 Å². The van der Waals surface area contributed by atoms with E-state index in [0.717, 1.165) is 30.4 Å². The van der Waals surface area contributed by atoms with Crippen LogP contribution in [-0.2, 0) is 18.9 Å². The van der Waals surface area contributed by atoms with E-state index in [1.54, 1.807) is 0 Å². The summed E-state index contributed by atoms with van der Waals surface area (Å²) in [5, 5.41) is 3.42. The highest BCUT2D eigenvalue weighted by atomic mass is 79.9. The third-order valence-corrected chi connectivity index (χ3v) is 4.61. The zero-order chi connectivity index (χ0) is 13.3. The Labute approximate surface area is 122 Å². The van der Waals surface area contributed by atoms with Gasteiger partial charge in [0.15, 0.2) is 0 Å². The lowest BCUT2D eigenvalue weighted by Crippen LogP contribution is -2.57. The van der Waals surface area contributed by atoms with Gasteiger partial charge in [0, 0.05) is 48.8 Å². The molecule has 0 atom stereocenters. The number of nitrogens with zero attached hydrogens (tertiary/aromatic N) is 2. The average molecular weight is 320 g/mol. The van der Waals surface area contributed by atoms with Crippen LogP contribution in [0.1, 0.15) is 17.8 Å². The third kappa shape index (κ3) is 2.47. The second kappa shape index (κ2) is 5.10. The largest absolute Gasteiger partial charge is 0.338 e. The Bertz CT molecular complexity index is 572. The molecule has 1 aliphatic rings. The summed E-state index contributed by atoms with van der Waals surface area (Å²) in [7, 11) is 2.06. The van der Waals surface area contributed by atoms with E-state index in [1.165, 1.54) is 11.4 Å². The van der Waals surface area contributed by atoms with Crippen molar-refractivity contribution < 1.29 is 0 Å². The van der Waals surface area contributed by atoms with Gasteiger partial charge in [-0.25, -0.2) is 4.98 Å². The first kappa shape index (κ1) is 12.9. The first-order chi connectivity index (χ1) is 9.20. The molecule has 3 nitrogen and oxygen atoms in total. The maximum Gasteiger partial charge on any atom is 0.108 e. The SMILES string of the molecule is Cn1ccnc1CCC1(c2cccc(Br)c2)CNC1. The highest BCUT2D eigenvalue weighted by molar-refractivity contribution is 9.10. The number of nitrogens with one attached hydrogen (secondary N) is 1. The predicted molar refractivity (Wildman–Crippen MR) is 80.2 cm³/mol. The molecule has 0 amide bonds. The Morgan fingerprint density at radius 2 is 2.26 bits per heavy atom. The van der Waals surface area contributed by atoms with Gasteiger partial charge in [-0.1, -0.05) is 28.1 Å². The van der Waals surface area contributed by atoms with Crippen LogP contribution < -0.4 is 5.32 Å². The Morgan fingerprint density at radius 1 is 1.42 bits per heavy atom. The van der Waals surface area contributed by atoms with Gasteiger partial charge in [0.2, 0.25) is 0 Å². The summed E-state index contributed by atoms with van der Waals surface area (Å²) >= 11 is 3.57. The number of aromatic nitrogens is 2. The van der Waals surface area contributed by atoms with Crippen LogP contribution in [0, 0.1) is 0 Å². The first-order valence-electron chi connectivity index (χ1n) is 6.63. The fraction of sp³-hybridized carbons (Fsp3) is 0.400. The summed E-state index contributed by atoms with van der Waals surface area (Å²) in [6.45, 7) is 2.13. The molecule has 1 aromatic carbocycles. The summed E-state index contributed by atoms with van der Waals surface area (Å²) < 4.78 is 3.27. The molecule has 1 aliphatic heterocycles. The molecule has 1 fully saturated rings. The third-order valence-electron chi connectivity index (χ3n) is 4.11. The zero-order valence-corrected chi connectivity index (χ0v) is 12.7. The molecule has 0 saturated carbocycles. The smallest absolute Gasteiger partial charge is 0.108 e. The van der Waals surface area contributed by atoms with Crippen LogP contribution in [0.5, 0.6) is 0 Å². The van der Waals surface area contributed by atoms with E-state index in [2.05, 4.69) is 62.1 Å². The van der Waals surface area contributed by atoms with Crippen molar-refractivity contribution in [3.8, 4) is 0 Å². The minimum absolute atomic E-state index is 0.274. The molecule has 0 radical (unpaired) electrons. The van der Waals surface area contributed by atoms with E-state index < -0.39 is 0 Å². The molecule has 100 valence electrons. The van der Waals surface area contributed by atoms with Gasteiger partial charge in [-0.3, -0.25) is 0 Å². The highest BCUT2D eigenvalue weighted by Crippen LogP contribution is 2.34. The minimum Gasteiger partial charge on any atom is -0.338 e. The van der Waals surface area contributed by atoms with Gasteiger partial charge in [-0.15, -0.1) is 0 Å². The van der Waals surface area contributed by atoms with Crippen LogP contribution in [-0.4, -0.2) is 22.6 Å². The van der Waals surface area contributed by atoms with E-state index in [4.69, 9.17) is 0 Å². The van der Waals surface area contributed by atoms with Crippen molar-refractivity contribution in [1.82, 2.24) is 14.9 Å². The van der Waals surface area contributed by atoms with E-state index >= 15 is 0 Å². The van der Waals surface area contributed by atoms with Crippen molar-refractivity contribution in [2.45, 2.75) is 18.3 Å². The molecule has 1 saturated heterocycles. The number of benzene rings is 1. The molecule has 2 heterocycles. The molecule has 4 heteroatoms. The normalized spacial score (nSPS) is 17.2. The molecule has 19 heavy (non-hydrogen) atoms. The number of halogens is 1. The van der Waals surface area contributed by atoms with Crippen molar-refractivity contribution in [1.29, 1.82) is 0 Å². The average Bonchev–Trinajstić information content (AvgIpc) is 2.74. The van der Waals surface area contributed by atoms with Gasteiger partial charge in [0.1, 0.15) is 5.82 Å². The standard InChI is InChI=1S/C15H18BrN3/c1-19-8-7-18-14(19)5-6-15(10-17-11-15)12-3-2-4-13(16)9-12/h2-4,7-9,17H,5-6,10-11H2,1H3. The number of imidazole rings is 1. The molecular formula is C15H18BrN3. The minimum atomic E-state index is 0.274. The van der Waals surface area contributed by atoms with Gasteiger partial charge in [-0.2, -0.15) is 0 Å². The van der Waals surface area contributed by atoms with Crippen LogP contribution in [0.2, 0.25) is 0 Å². The molecular weight excluding hydrogens is 302 g/mol. The van der Waals surface area contributed by atoms with Crippen LogP contribution in [0.25, 0.3) is 0 Å². The van der Waals surface area contributed by atoms with Gasteiger partial charge < -0.3 is 9.88 Å². The van der Waals surface area contributed by atoms with Gasteiger partial charge >= 0.3 is 0 Å². The first-order valence-corrected chi connectivity index (χ1v) is 7.42. The van der Waals surface area contributed by atoms with Crippen molar-refractivity contribution in [2.24, 2.45) is 7.05 Å². The number of aryl methyl sites for hydroxylation is 2. The molecule has 1 aromatic heterocycles. The van der Waals surface area contributed by atoms with Gasteiger partial charge in [0.05, 0.1) is 0 Å². The second-order valence-corrected chi connectivity index (χ2v) is 6.26. The molecule has 0 spiro atoms. The number of hydrogen-bond donors (Lipinski definition) is 1. The fourth-order valence-corrected chi connectivity index (χ4v) is 3.16. The lowest BCUT2D eigenvalue weighted by Gasteiger charge is -2.43. The summed E-state index contributed by atoms with van der Waals surface area (Å²) in [4.78, 5) is 4.42. The summed E-state index contributed by atoms with van der Waals surface area (Å²) in [6.07, 6.45) is 6.05. The Morgan fingerprint density at radius 3 is 2.84 bits per heavy atom. The monoisotopic (exact) mass is 319 g/mol. The van der Waals surface area contributed by atoms with Crippen LogP contribution in [0.3, 0.4) is 0 Å². The Balaban J connectivity index is 1.78. The van der Waals surface area contributed by atoms with Crippen molar-refractivity contribution in [3.63, 3.8) is 0 Å². The fourth-order valence-electron chi connectivity index (χ4n) is 2.76. The second-order valence-electron chi connectivity index (χ2n) is 5.35. The van der Waals surface area contributed by atoms with Crippen LogP contribution >= 0.6 is 15.9 Å². The quantitative estimate of drug-likeness (QED) is 0.939. The predicted octanol–water partition coefficient (Wildman–Crippen LogP) is 2.66. The van der Waals surface area contributed by atoms with E-state index in [1.807, 2.05) is 12.4 Å². The summed E-state index contributed by atoms with van der Waals surface area (Å²) in [6, 6.07) is 8.70. The molecule has 0 unspecified atom stereocenters. The summed E-state index contributed by atoms with van der Waals surface area (Å²) in [5.41, 5.74) is 1.70. The molecule has 1 N–H and O–H groups in total. The highest BCUT2D eigenvalue weighted by Gasteiger charge is 2.38. The van der Waals surface area contributed by atoms with E-state index in [0.29, 0.717) is 0 Å². The maximum absolute atomic E-state index is 4.42. The van der Waals surface area contributed by atoms with E-state index in [-0.39, 0.29) is 5.41 Å². The number of rotatable bonds is 4. The van der Waals surface area contributed by atoms with Crippen LogP contribution in [0.4, 0.5) is 0 Å². The van der Waals surface area contributed by atoms with E-state index in [9.17, 15) is 0 Å². The maximum atomic E-state index is 4.42. The lowest BCUT2D eigenvalue weighted by atomic mass is 9.72.